The molecule has 0 radical (unpaired) electrons. The molecule has 1 amide bonds. The van der Waals surface area contributed by atoms with Crippen LogP contribution >= 0.6 is 0 Å². The van der Waals surface area contributed by atoms with Crippen molar-refractivity contribution in [2.24, 2.45) is 0 Å². The van der Waals surface area contributed by atoms with E-state index in [0.717, 1.165) is 5.56 Å². The number of aliphatic hydroxyl groups is 1. The Morgan fingerprint density at radius 1 is 1.04 bits per heavy atom. The van der Waals surface area contributed by atoms with Gasteiger partial charge < -0.3 is 19.5 Å². The number of para-hydroxylation sites is 1. The first-order chi connectivity index (χ1) is 13.5. The fourth-order valence-corrected chi connectivity index (χ4v) is 3.47. The lowest BCUT2D eigenvalue weighted by Gasteiger charge is -2.25. The third-order valence-corrected chi connectivity index (χ3v) is 4.80. The second-order valence-electron chi connectivity index (χ2n) is 6.47. The molecule has 1 unspecified atom stereocenters. The Labute approximate surface area is 164 Å². The maximum Gasteiger partial charge on any atom is 0.295 e. The molecule has 1 fully saturated rings. The second-order valence-corrected chi connectivity index (χ2v) is 6.47. The van der Waals surface area contributed by atoms with E-state index in [-0.39, 0.29) is 11.3 Å². The summed E-state index contributed by atoms with van der Waals surface area (Å²) < 4.78 is 10.5. The Bertz CT molecular complexity index is 917. The van der Waals surface area contributed by atoms with Crippen molar-refractivity contribution in [3.8, 4) is 11.5 Å². The molecule has 1 aliphatic rings. The largest absolute Gasteiger partial charge is 0.507 e. The van der Waals surface area contributed by atoms with E-state index in [1.54, 1.807) is 55.6 Å². The summed E-state index contributed by atoms with van der Waals surface area (Å²) >= 11 is 0. The van der Waals surface area contributed by atoms with Crippen molar-refractivity contribution in [1.29, 1.82) is 0 Å². The molecular formula is C22H23NO5. The van der Waals surface area contributed by atoms with E-state index < -0.39 is 17.7 Å². The lowest BCUT2D eigenvalue weighted by atomic mass is 9.95. The lowest BCUT2D eigenvalue weighted by molar-refractivity contribution is -0.139. The Morgan fingerprint density at radius 3 is 2.32 bits per heavy atom. The van der Waals surface area contributed by atoms with Gasteiger partial charge in [0.05, 0.1) is 31.4 Å². The number of rotatable bonds is 6. The summed E-state index contributed by atoms with van der Waals surface area (Å²) in [5.41, 5.74) is 1.16. The predicted molar refractivity (Wildman–Crippen MR) is 105 cm³/mol. The van der Waals surface area contributed by atoms with Crippen molar-refractivity contribution in [1.82, 2.24) is 4.90 Å². The number of hydrogen-bond donors (Lipinski definition) is 1. The van der Waals surface area contributed by atoms with Gasteiger partial charge in [-0.15, -0.1) is 0 Å². The van der Waals surface area contributed by atoms with Crippen LogP contribution in [-0.4, -0.2) is 42.5 Å². The number of nitrogens with zero attached hydrogens (tertiary/aromatic N) is 1. The molecule has 1 N–H and O–H groups in total. The van der Waals surface area contributed by atoms with Gasteiger partial charge in [-0.05, 0) is 36.2 Å². The van der Waals surface area contributed by atoms with E-state index in [9.17, 15) is 14.7 Å². The predicted octanol–water partition coefficient (Wildman–Crippen LogP) is 3.54. The van der Waals surface area contributed by atoms with E-state index in [2.05, 4.69) is 0 Å². The van der Waals surface area contributed by atoms with Gasteiger partial charge in [-0.25, -0.2) is 0 Å². The topological polar surface area (TPSA) is 76.1 Å². The summed E-state index contributed by atoms with van der Waals surface area (Å²) in [5.74, 6) is -0.455. The van der Waals surface area contributed by atoms with E-state index in [1.165, 1.54) is 12.0 Å². The monoisotopic (exact) mass is 381 g/mol. The summed E-state index contributed by atoms with van der Waals surface area (Å²) in [6.45, 7) is 2.34. The Morgan fingerprint density at radius 2 is 1.71 bits per heavy atom. The van der Waals surface area contributed by atoms with Gasteiger partial charge in [0.2, 0.25) is 0 Å². The first kappa shape index (κ1) is 19.5. The first-order valence-corrected chi connectivity index (χ1v) is 9.09. The Hall–Kier alpha value is -3.28. The number of methoxy groups -OCH3 is 2. The molecule has 0 saturated carbocycles. The maximum atomic E-state index is 12.8. The number of ether oxygens (including phenoxy) is 2. The zero-order valence-electron chi connectivity index (χ0n) is 16.1. The molecule has 0 bridgehead atoms. The van der Waals surface area contributed by atoms with Gasteiger partial charge in [0, 0.05) is 6.54 Å². The molecule has 0 aliphatic carbocycles. The number of amides is 1. The third kappa shape index (κ3) is 3.33. The molecule has 6 nitrogen and oxygen atoms in total. The van der Waals surface area contributed by atoms with Gasteiger partial charge >= 0.3 is 0 Å². The molecule has 0 aromatic heterocycles. The average Bonchev–Trinajstić information content (AvgIpc) is 2.98. The van der Waals surface area contributed by atoms with Crippen molar-refractivity contribution < 1.29 is 24.2 Å². The zero-order valence-corrected chi connectivity index (χ0v) is 16.1. The van der Waals surface area contributed by atoms with Gasteiger partial charge in [0.25, 0.3) is 11.7 Å². The number of aliphatic hydroxyl groups excluding tert-OH is 1. The molecule has 3 rings (SSSR count). The average molecular weight is 381 g/mol. The van der Waals surface area contributed by atoms with Gasteiger partial charge in [0.1, 0.15) is 17.3 Å². The van der Waals surface area contributed by atoms with Crippen LogP contribution in [-0.2, 0) is 9.59 Å². The molecule has 146 valence electrons. The molecular weight excluding hydrogens is 358 g/mol. The van der Waals surface area contributed by atoms with E-state index in [1.807, 2.05) is 6.92 Å². The second kappa shape index (κ2) is 8.17. The van der Waals surface area contributed by atoms with Crippen LogP contribution in [0.15, 0.2) is 54.1 Å². The molecule has 28 heavy (non-hydrogen) atoms. The highest BCUT2D eigenvalue weighted by Crippen LogP contribution is 2.41. The highest BCUT2D eigenvalue weighted by molar-refractivity contribution is 6.46. The van der Waals surface area contributed by atoms with Crippen molar-refractivity contribution in [3.63, 3.8) is 0 Å². The number of likely N-dealkylation sites (tertiary alicyclic amines) is 1. The fourth-order valence-electron chi connectivity index (χ4n) is 3.47. The highest BCUT2D eigenvalue weighted by atomic mass is 16.5. The van der Waals surface area contributed by atoms with Crippen LogP contribution in [0.3, 0.4) is 0 Å². The Kier molecular flexibility index (Phi) is 5.68. The number of hydrogen-bond acceptors (Lipinski definition) is 5. The summed E-state index contributed by atoms with van der Waals surface area (Å²) in [4.78, 5) is 27.0. The first-order valence-electron chi connectivity index (χ1n) is 9.09. The SMILES string of the molecule is CCCN1C(=O)C(=O)/C(=C(\O)c2ccccc2OC)C1c1ccc(OC)cc1. The third-order valence-electron chi connectivity index (χ3n) is 4.80. The minimum absolute atomic E-state index is 0.0631. The highest BCUT2D eigenvalue weighted by Gasteiger charge is 2.45. The van der Waals surface area contributed by atoms with Crippen LogP contribution < -0.4 is 9.47 Å². The normalized spacial score (nSPS) is 18.4. The summed E-state index contributed by atoms with van der Waals surface area (Å²) in [7, 11) is 3.06. The van der Waals surface area contributed by atoms with E-state index in [4.69, 9.17) is 9.47 Å². The quantitative estimate of drug-likeness (QED) is 0.471. The van der Waals surface area contributed by atoms with Crippen molar-refractivity contribution in [2.45, 2.75) is 19.4 Å². The number of ketones is 1. The van der Waals surface area contributed by atoms with Crippen molar-refractivity contribution in [3.05, 3.63) is 65.2 Å². The minimum atomic E-state index is -0.697. The van der Waals surface area contributed by atoms with Crippen molar-refractivity contribution in [2.75, 3.05) is 20.8 Å². The lowest BCUT2D eigenvalue weighted by Crippen LogP contribution is -2.30. The molecule has 1 heterocycles. The van der Waals surface area contributed by atoms with Gasteiger partial charge in [-0.1, -0.05) is 31.2 Å². The van der Waals surface area contributed by atoms with E-state index >= 15 is 0 Å². The van der Waals surface area contributed by atoms with Gasteiger partial charge in [-0.3, -0.25) is 9.59 Å². The minimum Gasteiger partial charge on any atom is -0.507 e. The molecule has 1 aliphatic heterocycles. The number of benzene rings is 2. The Balaban J connectivity index is 2.20. The number of Topliss-reactive ketones (excluding diaryl/α,β-unsaturated/α-hetero) is 1. The summed E-state index contributed by atoms with van der Waals surface area (Å²) in [6.07, 6.45) is 0.689. The van der Waals surface area contributed by atoms with E-state index in [0.29, 0.717) is 30.0 Å². The van der Waals surface area contributed by atoms with Gasteiger partial charge in [-0.2, -0.15) is 0 Å². The molecule has 0 spiro atoms. The molecule has 6 heteroatoms. The molecule has 2 aromatic carbocycles. The zero-order chi connectivity index (χ0) is 20.3. The van der Waals surface area contributed by atoms with Crippen molar-refractivity contribution >= 4 is 17.4 Å². The standard InChI is InChI=1S/C22H23NO5/c1-4-13-23-19(14-9-11-15(27-2)12-10-14)18(21(25)22(23)26)20(24)16-7-5-6-8-17(16)28-3/h5-12,19,24H,4,13H2,1-3H3/b20-18-. The fraction of sp³-hybridized carbons (Fsp3) is 0.273. The van der Waals surface area contributed by atoms with Crippen LogP contribution in [0.4, 0.5) is 0 Å². The number of carbonyl (C=O) groups excluding carboxylic acids is 2. The molecule has 1 saturated heterocycles. The van der Waals surface area contributed by atoms with Crippen LogP contribution in [0.1, 0.15) is 30.5 Å². The summed E-state index contributed by atoms with van der Waals surface area (Å²) in [5, 5.41) is 11.0. The molecule has 1 atom stereocenters. The number of carbonyl (C=O) groups is 2. The van der Waals surface area contributed by atoms with Crippen LogP contribution in [0.5, 0.6) is 11.5 Å². The summed E-state index contributed by atoms with van der Waals surface area (Å²) in [6, 6.07) is 13.3. The van der Waals surface area contributed by atoms with Crippen LogP contribution in [0.2, 0.25) is 0 Å². The van der Waals surface area contributed by atoms with Gasteiger partial charge in [0.15, 0.2) is 0 Å². The molecule has 2 aromatic rings. The van der Waals surface area contributed by atoms with Crippen LogP contribution in [0, 0.1) is 0 Å². The van der Waals surface area contributed by atoms with Crippen LogP contribution in [0.25, 0.3) is 5.76 Å². The smallest absolute Gasteiger partial charge is 0.295 e. The maximum absolute atomic E-state index is 12.8.